The van der Waals surface area contributed by atoms with Crippen molar-refractivity contribution in [2.75, 3.05) is 0 Å². The second-order valence-electron chi connectivity index (χ2n) is 14.5. The van der Waals surface area contributed by atoms with Crippen LogP contribution in [0.3, 0.4) is 0 Å². The van der Waals surface area contributed by atoms with Gasteiger partial charge in [0.2, 0.25) is 0 Å². The van der Waals surface area contributed by atoms with Crippen molar-refractivity contribution in [2.24, 2.45) is 0 Å². The van der Waals surface area contributed by atoms with E-state index in [0.29, 0.717) is 0 Å². The molecule has 4 heteroatoms. The third-order valence-electron chi connectivity index (χ3n) is 11.3. The fourth-order valence-electron chi connectivity index (χ4n) is 8.66. The Morgan fingerprint density at radius 3 is 1.64 bits per heavy atom. The Morgan fingerprint density at radius 2 is 0.929 bits per heavy atom. The third kappa shape index (κ3) is 4.66. The molecule has 0 aliphatic carbocycles. The van der Waals surface area contributed by atoms with Crippen LogP contribution in [0, 0.1) is 0 Å². The molecule has 0 radical (unpaired) electrons. The van der Waals surface area contributed by atoms with E-state index in [1.54, 1.807) is 0 Å². The summed E-state index contributed by atoms with van der Waals surface area (Å²) in [5.41, 5.74) is 13.5. The maximum absolute atomic E-state index is 6.68. The third-order valence-corrected chi connectivity index (χ3v) is 11.3. The van der Waals surface area contributed by atoms with E-state index in [-0.39, 0.29) is 0 Å². The molecule has 0 unspecified atom stereocenters. The van der Waals surface area contributed by atoms with Crippen molar-refractivity contribution in [1.29, 1.82) is 0 Å². The summed E-state index contributed by atoms with van der Waals surface area (Å²) in [4.78, 5) is 10.7. The topological polar surface area (TPSA) is 52.1 Å². The first-order chi connectivity index (χ1) is 27.7. The Hall–Kier alpha value is -7.56. The van der Waals surface area contributed by atoms with E-state index < -0.39 is 0 Å². The molecule has 0 N–H and O–H groups in total. The molecule has 260 valence electrons. The van der Waals surface area contributed by atoms with Gasteiger partial charge < -0.3 is 8.83 Å². The van der Waals surface area contributed by atoms with Crippen molar-refractivity contribution in [3.63, 3.8) is 0 Å². The minimum atomic E-state index is 0.800. The van der Waals surface area contributed by atoms with Gasteiger partial charge in [-0.05, 0) is 75.0 Å². The second kappa shape index (κ2) is 12.0. The highest BCUT2D eigenvalue weighted by atomic mass is 16.3. The molecule has 0 saturated carbocycles. The molecule has 4 nitrogen and oxygen atoms in total. The number of furan rings is 2. The van der Waals surface area contributed by atoms with Crippen LogP contribution in [0.2, 0.25) is 0 Å². The predicted molar refractivity (Wildman–Crippen MR) is 231 cm³/mol. The van der Waals surface area contributed by atoms with Crippen molar-refractivity contribution < 1.29 is 8.83 Å². The summed E-state index contributed by atoms with van der Waals surface area (Å²) in [6, 6.07) is 61.6. The molecule has 3 heterocycles. The molecule has 56 heavy (non-hydrogen) atoms. The summed E-state index contributed by atoms with van der Waals surface area (Å²) in [5, 5.41) is 8.65. The molecular formula is C52H30N2O2. The standard InChI is InChI=1S/C52H30N2O2/c1-3-12-31(13-4-1)33-22-24-37-38-25-23-34(32-14-5-2-6-15-32)28-42(38)51-50(41(37)27-33)53-30-44(54-51)35-16-11-17-36(26-35)48-49-40-19-8-10-21-46(40)55-47(49)29-43-39-18-7-9-20-45(39)56-52(43)48/h1-30H. The van der Waals surface area contributed by atoms with E-state index in [4.69, 9.17) is 18.8 Å². The molecule has 12 aromatic rings. The van der Waals surface area contributed by atoms with Crippen molar-refractivity contribution in [2.45, 2.75) is 0 Å². The van der Waals surface area contributed by atoms with Crippen LogP contribution in [0.25, 0.3) is 121 Å². The van der Waals surface area contributed by atoms with Crippen LogP contribution in [-0.4, -0.2) is 9.97 Å². The monoisotopic (exact) mass is 714 g/mol. The van der Waals surface area contributed by atoms with Crippen LogP contribution in [0.15, 0.2) is 191 Å². The zero-order valence-corrected chi connectivity index (χ0v) is 30.0. The average molecular weight is 715 g/mol. The van der Waals surface area contributed by atoms with E-state index in [1.807, 2.05) is 30.5 Å². The van der Waals surface area contributed by atoms with Gasteiger partial charge in [-0.15, -0.1) is 0 Å². The van der Waals surface area contributed by atoms with Crippen molar-refractivity contribution in [1.82, 2.24) is 9.97 Å². The Labute approximate surface area is 320 Å². The largest absolute Gasteiger partial charge is 0.456 e. The number of hydrogen-bond acceptors (Lipinski definition) is 4. The first-order valence-corrected chi connectivity index (χ1v) is 18.9. The summed E-state index contributed by atoms with van der Waals surface area (Å²) < 4.78 is 13.2. The molecule has 0 amide bonds. The van der Waals surface area contributed by atoms with Gasteiger partial charge in [-0.1, -0.05) is 140 Å². The number of nitrogens with zero attached hydrogens (tertiary/aromatic N) is 2. The summed E-state index contributed by atoms with van der Waals surface area (Å²) in [5.74, 6) is 0. The van der Waals surface area contributed by atoms with E-state index in [1.165, 1.54) is 5.56 Å². The summed E-state index contributed by atoms with van der Waals surface area (Å²) in [7, 11) is 0. The van der Waals surface area contributed by atoms with Crippen LogP contribution in [-0.2, 0) is 0 Å². The lowest BCUT2D eigenvalue weighted by atomic mass is 9.93. The molecule has 3 aromatic heterocycles. The van der Waals surface area contributed by atoms with Crippen molar-refractivity contribution in [3.05, 3.63) is 182 Å². The summed E-state index contributed by atoms with van der Waals surface area (Å²) in [6.07, 6.45) is 1.92. The predicted octanol–water partition coefficient (Wildman–Crippen LogP) is 14.4. The molecule has 0 saturated heterocycles. The molecule has 9 aromatic carbocycles. The lowest BCUT2D eigenvalue weighted by Gasteiger charge is -2.14. The van der Waals surface area contributed by atoms with E-state index >= 15 is 0 Å². The van der Waals surface area contributed by atoms with Gasteiger partial charge in [0.1, 0.15) is 22.3 Å². The lowest BCUT2D eigenvalue weighted by molar-refractivity contribution is 0.664. The highest BCUT2D eigenvalue weighted by Crippen LogP contribution is 2.46. The van der Waals surface area contributed by atoms with Gasteiger partial charge in [-0.3, -0.25) is 4.98 Å². The molecule has 0 atom stereocenters. The minimum absolute atomic E-state index is 0.800. The normalized spacial score (nSPS) is 11.9. The molecule has 0 aliphatic rings. The van der Waals surface area contributed by atoms with Crippen LogP contribution in [0.4, 0.5) is 0 Å². The number of rotatable bonds is 4. The highest BCUT2D eigenvalue weighted by molar-refractivity contribution is 6.25. The molecule has 0 fully saturated rings. The van der Waals surface area contributed by atoms with Crippen LogP contribution in [0.5, 0.6) is 0 Å². The van der Waals surface area contributed by atoms with Gasteiger partial charge >= 0.3 is 0 Å². The Morgan fingerprint density at radius 1 is 0.339 bits per heavy atom. The maximum atomic E-state index is 6.68. The summed E-state index contributed by atoms with van der Waals surface area (Å²) >= 11 is 0. The van der Waals surface area contributed by atoms with E-state index in [2.05, 4.69) is 152 Å². The maximum Gasteiger partial charge on any atom is 0.144 e. The van der Waals surface area contributed by atoms with Gasteiger partial charge in [-0.25, -0.2) is 4.98 Å². The van der Waals surface area contributed by atoms with Gasteiger partial charge in [0.25, 0.3) is 0 Å². The Bertz CT molecular complexity index is 3520. The summed E-state index contributed by atoms with van der Waals surface area (Å²) in [6.45, 7) is 0. The van der Waals surface area contributed by atoms with Crippen LogP contribution < -0.4 is 0 Å². The first kappa shape index (κ1) is 30.9. The van der Waals surface area contributed by atoms with E-state index in [9.17, 15) is 0 Å². The lowest BCUT2D eigenvalue weighted by Crippen LogP contribution is -1.94. The first-order valence-electron chi connectivity index (χ1n) is 18.9. The fourth-order valence-corrected chi connectivity index (χ4v) is 8.66. The molecule has 0 spiro atoms. The Balaban J connectivity index is 1.11. The number of fused-ring (bicyclic) bond motifs is 12. The zero-order chi connectivity index (χ0) is 36.7. The van der Waals surface area contributed by atoms with Gasteiger partial charge in [0.15, 0.2) is 0 Å². The van der Waals surface area contributed by atoms with Crippen molar-refractivity contribution >= 4 is 76.5 Å². The van der Waals surface area contributed by atoms with Gasteiger partial charge in [0.05, 0.1) is 22.9 Å². The minimum Gasteiger partial charge on any atom is -0.456 e. The number of benzene rings is 9. The van der Waals surface area contributed by atoms with Gasteiger partial charge in [-0.2, -0.15) is 0 Å². The number of aromatic nitrogens is 2. The number of para-hydroxylation sites is 2. The Kier molecular flexibility index (Phi) is 6.60. The fraction of sp³-hybridized carbons (Fsp3) is 0. The average Bonchev–Trinajstić information content (AvgIpc) is 3.84. The van der Waals surface area contributed by atoms with Crippen molar-refractivity contribution in [3.8, 4) is 44.6 Å². The zero-order valence-electron chi connectivity index (χ0n) is 30.0. The number of hydrogen-bond donors (Lipinski definition) is 0. The van der Waals surface area contributed by atoms with Crippen LogP contribution >= 0.6 is 0 Å². The van der Waals surface area contributed by atoms with Crippen LogP contribution in [0.1, 0.15) is 0 Å². The second-order valence-corrected chi connectivity index (χ2v) is 14.5. The molecule has 0 bridgehead atoms. The smallest absolute Gasteiger partial charge is 0.144 e. The quantitative estimate of drug-likeness (QED) is 0.170. The molecule has 12 rings (SSSR count). The van der Waals surface area contributed by atoms with Gasteiger partial charge in [0, 0.05) is 43.4 Å². The SMILES string of the molecule is c1ccc(-c2ccc3c4ccc(-c5ccccc5)cc4c4nc(-c5cccc(-c6c7oc8ccccc8c7cc7oc8ccccc8c67)c5)cnc4c3c2)cc1. The van der Waals surface area contributed by atoms with E-state index in [0.717, 1.165) is 116 Å². The molecular weight excluding hydrogens is 685 g/mol. The highest BCUT2D eigenvalue weighted by Gasteiger charge is 2.22. The molecule has 0 aliphatic heterocycles.